The van der Waals surface area contributed by atoms with Crippen LogP contribution >= 0.6 is 0 Å². The minimum Gasteiger partial charge on any atom is -0.480 e. The Kier molecular flexibility index (Phi) is 10.0. The average molecular weight is 229 g/mol. The van der Waals surface area contributed by atoms with Crippen molar-refractivity contribution in [3.8, 4) is 0 Å². The van der Waals surface area contributed by atoms with Gasteiger partial charge in [-0.1, -0.05) is 0 Å². The summed E-state index contributed by atoms with van der Waals surface area (Å²) < 4.78 is 4.20. The largest absolute Gasteiger partial charge is 0.480 e. The first-order chi connectivity index (χ1) is 2.77. The Bertz CT molecular complexity index is 54.1. The fraction of sp³-hybridized carbons (Fsp3) is 0.667. The van der Waals surface area contributed by atoms with Crippen molar-refractivity contribution in [1.82, 2.24) is 0 Å². The molecule has 0 fully saturated rings. The molecule has 0 heterocycles. The maximum absolute atomic E-state index is 9.47. The average Bonchev–Trinajstić information content (AvgIpc) is 1.35. The van der Waals surface area contributed by atoms with Gasteiger partial charge in [-0.25, -0.2) is 4.79 Å². The Hall–Kier alpha value is 0.625. The summed E-state index contributed by atoms with van der Waals surface area (Å²) in [5.74, 6) is -0.933. The number of rotatable bonds is 2. The molecular formula is C3H6LaO3. The number of ether oxygens (including phenoxy) is 1. The van der Waals surface area contributed by atoms with Crippen LogP contribution in [0.5, 0.6) is 0 Å². The Labute approximate surface area is 69.6 Å². The molecule has 0 aliphatic heterocycles. The number of hydrogen-bond donors (Lipinski definition) is 1. The van der Waals surface area contributed by atoms with Crippen LogP contribution in [-0.2, 0) is 9.53 Å². The van der Waals surface area contributed by atoms with E-state index in [4.69, 9.17) is 5.11 Å². The predicted molar refractivity (Wildman–Crippen MR) is 19.5 cm³/mol. The molecule has 7 heavy (non-hydrogen) atoms. The van der Waals surface area contributed by atoms with Crippen LogP contribution in [0.3, 0.4) is 0 Å². The molecule has 39 valence electrons. The number of carbonyl (C=O) groups is 1. The molecule has 1 radical (unpaired) electrons. The van der Waals surface area contributed by atoms with Crippen molar-refractivity contribution < 1.29 is 50.2 Å². The quantitative estimate of drug-likeness (QED) is 0.708. The van der Waals surface area contributed by atoms with E-state index in [2.05, 4.69) is 4.74 Å². The molecule has 0 saturated carbocycles. The van der Waals surface area contributed by atoms with E-state index in [1.165, 1.54) is 7.11 Å². The molecule has 0 aliphatic carbocycles. The van der Waals surface area contributed by atoms with Crippen molar-refractivity contribution >= 4 is 5.97 Å². The molecule has 0 rings (SSSR count). The first-order valence-electron chi connectivity index (χ1n) is 1.48. The van der Waals surface area contributed by atoms with Gasteiger partial charge >= 0.3 is 5.97 Å². The van der Waals surface area contributed by atoms with E-state index in [1.54, 1.807) is 0 Å². The summed E-state index contributed by atoms with van der Waals surface area (Å²) in [4.78, 5) is 9.47. The summed E-state index contributed by atoms with van der Waals surface area (Å²) in [6.07, 6.45) is 0. The zero-order chi connectivity index (χ0) is 4.99. The third-order valence-corrected chi connectivity index (χ3v) is 0.268. The number of carboxylic acids is 1. The third-order valence-electron chi connectivity index (χ3n) is 0.268. The molecule has 4 heteroatoms. The molecule has 0 bridgehead atoms. The van der Waals surface area contributed by atoms with E-state index >= 15 is 0 Å². The summed E-state index contributed by atoms with van der Waals surface area (Å²) in [5.41, 5.74) is 0. The topological polar surface area (TPSA) is 46.5 Å². The van der Waals surface area contributed by atoms with E-state index in [1.807, 2.05) is 0 Å². The van der Waals surface area contributed by atoms with Gasteiger partial charge in [-0.2, -0.15) is 0 Å². The van der Waals surface area contributed by atoms with Crippen LogP contribution < -0.4 is 0 Å². The molecule has 0 aromatic heterocycles. The molecule has 0 atom stereocenters. The van der Waals surface area contributed by atoms with Gasteiger partial charge in [-0.15, -0.1) is 0 Å². The normalized spacial score (nSPS) is 7.00. The van der Waals surface area contributed by atoms with Crippen molar-refractivity contribution in [2.45, 2.75) is 0 Å². The first kappa shape index (κ1) is 10.6. The SMILES string of the molecule is COCC(=O)O.[La]. The van der Waals surface area contributed by atoms with Crippen molar-refractivity contribution in [3.63, 3.8) is 0 Å². The van der Waals surface area contributed by atoms with Crippen LogP contribution in [-0.4, -0.2) is 24.8 Å². The number of aliphatic carboxylic acids is 1. The summed E-state index contributed by atoms with van der Waals surface area (Å²) in [7, 11) is 1.34. The van der Waals surface area contributed by atoms with E-state index < -0.39 is 5.97 Å². The Morgan fingerprint density at radius 3 is 2.29 bits per heavy atom. The minimum absolute atomic E-state index is 0. The molecule has 1 N–H and O–H groups in total. The molecule has 0 aromatic carbocycles. The van der Waals surface area contributed by atoms with E-state index in [-0.39, 0.29) is 42.2 Å². The maximum Gasteiger partial charge on any atom is 0.329 e. The van der Waals surface area contributed by atoms with Gasteiger partial charge in [0.25, 0.3) is 0 Å². The molecule has 0 amide bonds. The molecule has 3 nitrogen and oxygen atoms in total. The Morgan fingerprint density at radius 1 is 1.86 bits per heavy atom. The summed E-state index contributed by atoms with van der Waals surface area (Å²) in [6.45, 7) is -0.208. The van der Waals surface area contributed by atoms with Crippen LogP contribution in [0, 0.1) is 35.6 Å². The zero-order valence-electron chi connectivity index (χ0n) is 4.05. The fourth-order valence-electron chi connectivity index (χ4n) is 0.123. The van der Waals surface area contributed by atoms with Crippen molar-refractivity contribution in [1.29, 1.82) is 0 Å². The molecule has 0 aliphatic rings. The zero-order valence-corrected chi connectivity index (χ0v) is 7.67. The second-order valence-corrected chi connectivity index (χ2v) is 0.827. The van der Waals surface area contributed by atoms with Crippen molar-refractivity contribution in [2.24, 2.45) is 0 Å². The van der Waals surface area contributed by atoms with Gasteiger partial charge in [0.05, 0.1) is 0 Å². The van der Waals surface area contributed by atoms with Crippen LogP contribution in [0.25, 0.3) is 0 Å². The summed E-state index contributed by atoms with van der Waals surface area (Å²) in [6, 6.07) is 0. The van der Waals surface area contributed by atoms with Crippen LogP contribution in [0.2, 0.25) is 0 Å². The smallest absolute Gasteiger partial charge is 0.329 e. The van der Waals surface area contributed by atoms with Crippen LogP contribution in [0.4, 0.5) is 0 Å². The van der Waals surface area contributed by atoms with Gasteiger partial charge in [0.1, 0.15) is 6.61 Å². The van der Waals surface area contributed by atoms with E-state index in [9.17, 15) is 4.79 Å². The predicted octanol–water partition coefficient (Wildman–Crippen LogP) is -0.283. The van der Waals surface area contributed by atoms with Gasteiger partial charge in [0.2, 0.25) is 0 Å². The molecule has 0 saturated heterocycles. The fourth-order valence-corrected chi connectivity index (χ4v) is 0.123. The second-order valence-electron chi connectivity index (χ2n) is 0.827. The molecular weight excluding hydrogens is 223 g/mol. The van der Waals surface area contributed by atoms with Crippen molar-refractivity contribution in [2.75, 3.05) is 13.7 Å². The third kappa shape index (κ3) is 10.8. The Balaban J connectivity index is 0. The molecule has 0 unspecified atom stereocenters. The maximum atomic E-state index is 9.47. The summed E-state index contributed by atoms with van der Waals surface area (Å²) in [5, 5.41) is 7.79. The van der Waals surface area contributed by atoms with Gasteiger partial charge in [0, 0.05) is 42.7 Å². The van der Waals surface area contributed by atoms with Gasteiger partial charge in [0.15, 0.2) is 0 Å². The minimum atomic E-state index is -0.933. The van der Waals surface area contributed by atoms with Crippen LogP contribution in [0.15, 0.2) is 0 Å². The standard InChI is InChI=1S/C3H6O3.La/c1-6-2-3(4)5;/h2H2,1H3,(H,4,5);. The monoisotopic (exact) mass is 229 g/mol. The van der Waals surface area contributed by atoms with Gasteiger partial charge in [-0.3, -0.25) is 0 Å². The number of methoxy groups -OCH3 is 1. The van der Waals surface area contributed by atoms with Gasteiger partial charge < -0.3 is 9.84 Å². The summed E-state index contributed by atoms with van der Waals surface area (Å²) >= 11 is 0. The van der Waals surface area contributed by atoms with Gasteiger partial charge in [-0.05, 0) is 0 Å². The Morgan fingerprint density at radius 2 is 2.29 bits per heavy atom. The number of hydrogen-bond acceptors (Lipinski definition) is 2. The van der Waals surface area contributed by atoms with E-state index in [0.29, 0.717) is 0 Å². The van der Waals surface area contributed by atoms with Crippen LogP contribution in [0.1, 0.15) is 0 Å². The second kappa shape index (κ2) is 6.62. The number of carboxylic acid groups (broad SMARTS) is 1. The molecule has 0 aromatic rings. The van der Waals surface area contributed by atoms with Crippen molar-refractivity contribution in [3.05, 3.63) is 0 Å². The first-order valence-corrected chi connectivity index (χ1v) is 1.48. The molecule has 0 spiro atoms. The van der Waals surface area contributed by atoms with E-state index in [0.717, 1.165) is 0 Å².